The van der Waals surface area contributed by atoms with Gasteiger partial charge in [0, 0.05) is 24.4 Å². The summed E-state index contributed by atoms with van der Waals surface area (Å²) in [6.07, 6.45) is 2.84. The van der Waals surface area contributed by atoms with E-state index in [1.165, 1.54) is 12.4 Å². The van der Waals surface area contributed by atoms with Crippen molar-refractivity contribution < 1.29 is 14.7 Å². The van der Waals surface area contributed by atoms with Crippen LogP contribution in [0.4, 0.5) is 5.69 Å². The number of aromatic nitrogens is 1. The van der Waals surface area contributed by atoms with E-state index >= 15 is 0 Å². The van der Waals surface area contributed by atoms with Gasteiger partial charge in [-0.1, -0.05) is 0 Å². The lowest BCUT2D eigenvalue weighted by Crippen LogP contribution is -2.36. The van der Waals surface area contributed by atoms with Gasteiger partial charge >= 0.3 is 5.97 Å². The second kappa shape index (κ2) is 4.82. The van der Waals surface area contributed by atoms with Gasteiger partial charge in [0.1, 0.15) is 5.56 Å². The van der Waals surface area contributed by atoms with E-state index in [1.807, 2.05) is 0 Å². The topological polar surface area (TPSA) is 105 Å². The fraction of sp³-hybridized carbons (Fsp3) is 0.364. The summed E-state index contributed by atoms with van der Waals surface area (Å²) in [7, 11) is 0. The number of aromatic carboxylic acids is 1. The van der Waals surface area contributed by atoms with Crippen LogP contribution in [-0.2, 0) is 4.79 Å². The number of nitrogens with one attached hydrogen (secondary N) is 1. The van der Waals surface area contributed by atoms with Gasteiger partial charge in [-0.25, -0.2) is 4.79 Å². The number of carboxylic acids is 1. The summed E-state index contributed by atoms with van der Waals surface area (Å²) in [5.41, 5.74) is 4.98. The molecule has 0 aliphatic heterocycles. The first-order valence-electron chi connectivity index (χ1n) is 5.05. The average molecular weight is 237 g/mol. The van der Waals surface area contributed by atoms with Gasteiger partial charge in [0.2, 0.25) is 5.91 Å². The summed E-state index contributed by atoms with van der Waals surface area (Å²) in [6, 6.07) is 1.55. The van der Waals surface area contributed by atoms with Crippen LogP contribution >= 0.6 is 0 Å². The Labute approximate surface area is 98.8 Å². The number of amides is 1. The number of carbonyl (C=O) groups excluding carboxylic acids is 1. The molecule has 0 unspecified atom stereocenters. The maximum absolute atomic E-state index is 11.0. The molecule has 0 radical (unpaired) electrons. The van der Waals surface area contributed by atoms with Crippen molar-refractivity contribution in [3.63, 3.8) is 0 Å². The molecule has 0 bridgehead atoms. The van der Waals surface area contributed by atoms with Crippen molar-refractivity contribution in [1.82, 2.24) is 4.98 Å². The van der Waals surface area contributed by atoms with Crippen LogP contribution in [0.1, 0.15) is 30.6 Å². The molecule has 1 aromatic heterocycles. The van der Waals surface area contributed by atoms with Crippen LogP contribution in [0.15, 0.2) is 18.5 Å². The number of anilines is 1. The van der Waals surface area contributed by atoms with Gasteiger partial charge in [0.05, 0.1) is 5.69 Å². The fourth-order valence-electron chi connectivity index (χ4n) is 1.52. The molecular weight excluding hydrogens is 222 g/mol. The number of primary amides is 1. The number of carboxylic acid groups (broad SMARTS) is 1. The van der Waals surface area contributed by atoms with Crippen LogP contribution in [0.3, 0.4) is 0 Å². The number of hydrogen-bond acceptors (Lipinski definition) is 4. The van der Waals surface area contributed by atoms with E-state index in [9.17, 15) is 9.59 Å². The Morgan fingerprint density at radius 1 is 1.53 bits per heavy atom. The lowest BCUT2D eigenvalue weighted by Gasteiger charge is -2.26. The number of carbonyl (C=O) groups is 2. The van der Waals surface area contributed by atoms with E-state index in [2.05, 4.69) is 10.3 Å². The molecule has 0 fully saturated rings. The predicted molar refractivity (Wildman–Crippen MR) is 62.7 cm³/mol. The van der Waals surface area contributed by atoms with Crippen LogP contribution in [0, 0.1) is 0 Å². The Balaban J connectivity index is 2.95. The molecule has 0 aromatic carbocycles. The maximum Gasteiger partial charge on any atom is 0.339 e. The molecule has 92 valence electrons. The van der Waals surface area contributed by atoms with E-state index in [-0.39, 0.29) is 12.0 Å². The first-order chi connectivity index (χ1) is 7.82. The summed E-state index contributed by atoms with van der Waals surface area (Å²) in [5.74, 6) is -1.52. The summed E-state index contributed by atoms with van der Waals surface area (Å²) in [5, 5.41) is 12.0. The smallest absolute Gasteiger partial charge is 0.339 e. The highest BCUT2D eigenvalue weighted by molar-refractivity contribution is 5.94. The predicted octanol–water partition coefficient (Wildman–Crippen LogP) is 0.846. The second-order valence-electron chi connectivity index (χ2n) is 4.38. The summed E-state index contributed by atoms with van der Waals surface area (Å²) >= 11 is 0. The van der Waals surface area contributed by atoms with E-state index in [1.54, 1.807) is 19.9 Å². The quantitative estimate of drug-likeness (QED) is 0.703. The van der Waals surface area contributed by atoms with E-state index < -0.39 is 17.4 Å². The van der Waals surface area contributed by atoms with Crippen LogP contribution in [0.2, 0.25) is 0 Å². The van der Waals surface area contributed by atoms with Gasteiger partial charge in [0.15, 0.2) is 0 Å². The van der Waals surface area contributed by atoms with Crippen LogP contribution in [0.25, 0.3) is 0 Å². The van der Waals surface area contributed by atoms with Crippen LogP contribution in [-0.4, -0.2) is 27.5 Å². The number of rotatable bonds is 5. The molecule has 1 rings (SSSR count). The largest absolute Gasteiger partial charge is 0.478 e. The zero-order valence-electron chi connectivity index (χ0n) is 9.73. The number of nitrogens with two attached hydrogens (primary N) is 1. The monoisotopic (exact) mass is 237 g/mol. The third-order valence-corrected chi connectivity index (χ3v) is 2.14. The molecule has 0 spiro atoms. The first kappa shape index (κ1) is 13.0. The standard InChI is InChI=1S/C11H15N3O3/c1-11(2,5-9(12)15)14-8-3-4-13-6-7(8)10(16)17/h3-4,6H,5H2,1-2H3,(H2,12,15)(H,13,14)(H,16,17). The second-order valence-corrected chi connectivity index (χ2v) is 4.38. The molecule has 1 heterocycles. The molecule has 0 aliphatic rings. The number of nitrogens with zero attached hydrogens (tertiary/aromatic N) is 1. The van der Waals surface area contributed by atoms with Crippen molar-refractivity contribution in [3.05, 3.63) is 24.0 Å². The molecule has 6 heteroatoms. The molecule has 0 aliphatic carbocycles. The fourth-order valence-corrected chi connectivity index (χ4v) is 1.52. The maximum atomic E-state index is 11.0. The molecular formula is C11H15N3O3. The van der Waals surface area contributed by atoms with Gasteiger partial charge in [-0.15, -0.1) is 0 Å². The molecule has 0 atom stereocenters. The molecule has 6 nitrogen and oxygen atoms in total. The van der Waals surface area contributed by atoms with E-state index in [0.29, 0.717) is 5.69 Å². The molecule has 0 saturated heterocycles. The van der Waals surface area contributed by atoms with Crippen molar-refractivity contribution in [2.24, 2.45) is 5.73 Å². The van der Waals surface area contributed by atoms with Gasteiger partial charge in [-0.05, 0) is 19.9 Å². The molecule has 0 saturated carbocycles. The average Bonchev–Trinajstić information content (AvgIpc) is 2.14. The third-order valence-electron chi connectivity index (χ3n) is 2.14. The Kier molecular flexibility index (Phi) is 3.67. The van der Waals surface area contributed by atoms with Crippen LogP contribution in [0.5, 0.6) is 0 Å². The van der Waals surface area contributed by atoms with E-state index in [0.717, 1.165) is 0 Å². The minimum Gasteiger partial charge on any atom is -0.478 e. The summed E-state index contributed by atoms with van der Waals surface area (Å²) in [4.78, 5) is 25.6. The highest BCUT2D eigenvalue weighted by atomic mass is 16.4. The zero-order valence-corrected chi connectivity index (χ0v) is 9.73. The first-order valence-corrected chi connectivity index (χ1v) is 5.05. The SMILES string of the molecule is CC(C)(CC(N)=O)Nc1ccncc1C(=O)O. The molecule has 17 heavy (non-hydrogen) atoms. The van der Waals surface area contributed by atoms with Crippen molar-refractivity contribution in [1.29, 1.82) is 0 Å². The Hall–Kier alpha value is -2.11. The molecule has 1 amide bonds. The zero-order chi connectivity index (χ0) is 13.1. The number of hydrogen-bond donors (Lipinski definition) is 3. The third kappa shape index (κ3) is 3.75. The van der Waals surface area contributed by atoms with Gasteiger partial charge in [0.25, 0.3) is 0 Å². The van der Waals surface area contributed by atoms with Crippen molar-refractivity contribution in [2.75, 3.05) is 5.32 Å². The normalized spacial score (nSPS) is 10.9. The minimum atomic E-state index is -1.07. The van der Waals surface area contributed by atoms with Crippen molar-refractivity contribution in [3.8, 4) is 0 Å². The van der Waals surface area contributed by atoms with Crippen LogP contribution < -0.4 is 11.1 Å². The highest BCUT2D eigenvalue weighted by Crippen LogP contribution is 2.21. The lowest BCUT2D eigenvalue weighted by atomic mass is 9.99. The molecule has 4 N–H and O–H groups in total. The highest BCUT2D eigenvalue weighted by Gasteiger charge is 2.22. The summed E-state index contributed by atoms with van der Waals surface area (Å²) < 4.78 is 0. The molecule has 1 aromatic rings. The Bertz CT molecular complexity index is 443. The number of pyridine rings is 1. The van der Waals surface area contributed by atoms with Crippen molar-refractivity contribution in [2.45, 2.75) is 25.8 Å². The summed E-state index contributed by atoms with van der Waals surface area (Å²) in [6.45, 7) is 3.54. The minimum absolute atomic E-state index is 0.0602. The van der Waals surface area contributed by atoms with Gasteiger partial charge in [-0.2, -0.15) is 0 Å². The Morgan fingerprint density at radius 3 is 2.71 bits per heavy atom. The lowest BCUT2D eigenvalue weighted by molar-refractivity contribution is -0.118. The van der Waals surface area contributed by atoms with Gasteiger partial charge in [-0.3, -0.25) is 9.78 Å². The van der Waals surface area contributed by atoms with Crippen molar-refractivity contribution >= 4 is 17.6 Å². The van der Waals surface area contributed by atoms with Gasteiger partial charge < -0.3 is 16.2 Å². The Morgan fingerprint density at radius 2 is 2.18 bits per heavy atom. The van der Waals surface area contributed by atoms with E-state index in [4.69, 9.17) is 10.8 Å².